The van der Waals surface area contributed by atoms with Gasteiger partial charge in [0.1, 0.15) is 5.75 Å². The summed E-state index contributed by atoms with van der Waals surface area (Å²) in [5, 5.41) is 27.9. The molecule has 0 bridgehead atoms. The highest BCUT2D eigenvalue weighted by atomic mass is 16.5. The summed E-state index contributed by atoms with van der Waals surface area (Å²) in [6, 6.07) is 14.3. The van der Waals surface area contributed by atoms with E-state index in [1.54, 1.807) is 36.4 Å². The normalized spacial score (nSPS) is 10.4. The van der Waals surface area contributed by atoms with Crippen LogP contribution in [-0.4, -0.2) is 21.9 Å². The largest absolute Gasteiger partial charge is 0.495 e. The van der Waals surface area contributed by atoms with E-state index in [1.807, 2.05) is 25.1 Å². The SMILES string of the molecule is COc1cc(C=CC#N)cc(C)c1Nc1nc(Nc2ccc(C#N)cc2)c(=O)n(C)n1. The molecule has 1 heterocycles. The van der Waals surface area contributed by atoms with Gasteiger partial charge in [0.05, 0.1) is 30.5 Å². The summed E-state index contributed by atoms with van der Waals surface area (Å²) in [7, 11) is 3.07. The van der Waals surface area contributed by atoms with Crippen molar-refractivity contribution in [2.24, 2.45) is 7.05 Å². The van der Waals surface area contributed by atoms with Gasteiger partial charge >= 0.3 is 5.56 Å². The van der Waals surface area contributed by atoms with Gasteiger partial charge < -0.3 is 15.4 Å². The summed E-state index contributed by atoms with van der Waals surface area (Å²) in [6.45, 7) is 1.88. The molecule has 2 aromatic carbocycles. The van der Waals surface area contributed by atoms with Crippen LogP contribution in [0, 0.1) is 29.6 Å². The van der Waals surface area contributed by atoms with Crippen molar-refractivity contribution in [2.75, 3.05) is 17.7 Å². The van der Waals surface area contributed by atoms with Gasteiger partial charge in [0.2, 0.25) is 11.8 Å². The maximum absolute atomic E-state index is 12.5. The second kappa shape index (κ2) is 9.25. The maximum atomic E-state index is 12.5. The van der Waals surface area contributed by atoms with Crippen molar-refractivity contribution in [1.29, 1.82) is 10.5 Å². The number of nitrogens with one attached hydrogen (secondary N) is 2. The molecule has 0 radical (unpaired) electrons. The minimum atomic E-state index is -0.407. The third-order valence-corrected chi connectivity index (χ3v) is 4.36. The topological polar surface area (TPSA) is 129 Å². The van der Waals surface area contributed by atoms with E-state index in [0.717, 1.165) is 11.1 Å². The lowest BCUT2D eigenvalue weighted by Crippen LogP contribution is -2.25. The smallest absolute Gasteiger partial charge is 0.309 e. The molecule has 3 aromatic rings. The van der Waals surface area contributed by atoms with E-state index in [4.69, 9.17) is 15.3 Å². The Morgan fingerprint density at radius 3 is 2.55 bits per heavy atom. The second-order valence-electron chi connectivity index (χ2n) is 6.53. The Balaban J connectivity index is 1.95. The molecular weight excluding hydrogens is 394 g/mol. The summed E-state index contributed by atoms with van der Waals surface area (Å²) in [5.74, 6) is 0.812. The molecule has 0 saturated carbocycles. The molecule has 0 atom stereocenters. The highest BCUT2D eigenvalue weighted by Gasteiger charge is 2.13. The molecule has 0 spiro atoms. The summed E-state index contributed by atoms with van der Waals surface area (Å²) < 4.78 is 6.65. The quantitative estimate of drug-likeness (QED) is 0.589. The first-order valence-corrected chi connectivity index (χ1v) is 9.19. The van der Waals surface area contributed by atoms with Gasteiger partial charge in [0.15, 0.2) is 0 Å². The van der Waals surface area contributed by atoms with Gasteiger partial charge in [0.25, 0.3) is 0 Å². The molecule has 31 heavy (non-hydrogen) atoms. The van der Waals surface area contributed by atoms with Crippen LogP contribution in [0.3, 0.4) is 0 Å². The second-order valence-corrected chi connectivity index (χ2v) is 6.53. The van der Waals surface area contributed by atoms with Gasteiger partial charge in [-0.1, -0.05) is 0 Å². The van der Waals surface area contributed by atoms with E-state index in [2.05, 4.69) is 20.7 Å². The summed E-state index contributed by atoms with van der Waals surface area (Å²) in [4.78, 5) is 16.8. The van der Waals surface area contributed by atoms with Crippen LogP contribution in [0.2, 0.25) is 0 Å². The van der Waals surface area contributed by atoms with Crippen molar-refractivity contribution < 1.29 is 4.74 Å². The number of nitriles is 2. The number of hydrogen-bond donors (Lipinski definition) is 2. The molecule has 1 aromatic heterocycles. The molecule has 0 fully saturated rings. The van der Waals surface area contributed by atoms with Crippen LogP contribution in [-0.2, 0) is 7.05 Å². The Labute approximate surface area is 178 Å². The van der Waals surface area contributed by atoms with E-state index in [-0.39, 0.29) is 11.8 Å². The summed E-state index contributed by atoms with van der Waals surface area (Å²) in [5.41, 5.74) is 3.01. The van der Waals surface area contributed by atoms with Gasteiger partial charge in [0, 0.05) is 18.8 Å². The molecule has 0 aliphatic carbocycles. The Morgan fingerprint density at radius 2 is 1.90 bits per heavy atom. The van der Waals surface area contributed by atoms with E-state index >= 15 is 0 Å². The maximum Gasteiger partial charge on any atom is 0.309 e. The van der Waals surface area contributed by atoms with Gasteiger partial charge in [-0.25, -0.2) is 4.68 Å². The van der Waals surface area contributed by atoms with Crippen LogP contribution in [0.15, 0.2) is 47.3 Å². The molecular formula is C22H19N7O2. The number of ether oxygens (including phenoxy) is 1. The molecule has 154 valence electrons. The van der Waals surface area contributed by atoms with Gasteiger partial charge in [-0.05, 0) is 60.5 Å². The first-order chi connectivity index (χ1) is 14.9. The molecule has 2 N–H and O–H groups in total. The Bertz CT molecular complexity index is 1280. The zero-order chi connectivity index (χ0) is 22.4. The van der Waals surface area contributed by atoms with E-state index < -0.39 is 5.56 Å². The number of hydrogen-bond acceptors (Lipinski definition) is 8. The zero-order valence-electron chi connectivity index (χ0n) is 17.2. The molecule has 0 aliphatic heterocycles. The van der Waals surface area contributed by atoms with Crippen LogP contribution < -0.4 is 20.9 Å². The molecule has 9 heteroatoms. The van der Waals surface area contributed by atoms with Crippen LogP contribution in [0.5, 0.6) is 5.75 Å². The highest BCUT2D eigenvalue weighted by molar-refractivity contribution is 5.71. The van der Waals surface area contributed by atoms with E-state index in [9.17, 15) is 4.79 Å². The van der Waals surface area contributed by atoms with Crippen molar-refractivity contribution >= 4 is 29.2 Å². The first kappa shape index (κ1) is 21.1. The van der Waals surface area contributed by atoms with E-state index in [1.165, 1.54) is 24.9 Å². The summed E-state index contributed by atoms with van der Waals surface area (Å²) in [6.07, 6.45) is 3.07. The highest BCUT2D eigenvalue weighted by Crippen LogP contribution is 2.32. The molecule has 0 unspecified atom stereocenters. The third kappa shape index (κ3) is 4.86. The standard InChI is InChI=1S/C22H19N7O2/c1-14-11-16(5-4-10-23)12-18(31-3)19(14)26-22-27-20(21(30)29(2)28-22)25-17-8-6-15(13-24)7-9-17/h4-9,11-12H,1-3H3,(H2,25,26,27,28). The Kier molecular flexibility index (Phi) is 6.29. The van der Waals surface area contributed by atoms with Crippen molar-refractivity contribution in [1.82, 2.24) is 14.8 Å². The minimum Gasteiger partial charge on any atom is -0.495 e. The van der Waals surface area contributed by atoms with Gasteiger partial charge in [-0.3, -0.25) is 4.79 Å². The fraction of sp³-hybridized carbons (Fsp3) is 0.136. The van der Waals surface area contributed by atoms with Crippen LogP contribution >= 0.6 is 0 Å². The van der Waals surface area contributed by atoms with Crippen LogP contribution in [0.1, 0.15) is 16.7 Å². The van der Waals surface area contributed by atoms with Crippen molar-refractivity contribution in [3.05, 3.63) is 69.5 Å². The number of rotatable bonds is 6. The third-order valence-electron chi connectivity index (χ3n) is 4.36. The number of nitrogens with zero attached hydrogens (tertiary/aromatic N) is 5. The molecule has 0 aliphatic rings. The molecule has 3 rings (SSSR count). The fourth-order valence-electron chi connectivity index (χ4n) is 2.86. The number of benzene rings is 2. The molecule has 0 saturated heterocycles. The monoisotopic (exact) mass is 413 g/mol. The minimum absolute atomic E-state index is 0.0786. The average Bonchev–Trinajstić information content (AvgIpc) is 2.77. The van der Waals surface area contributed by atoms with Crippen molar-refractivity contribution in [2.45, 2.75) is 6.92 Å². The summed E-state index contributed by atoms with van der Waals surface area (Å²) >= 11 is 0. The lowest BCUT2D eigenvalue weighted by Gasteiger charge is -2.15. The molecule has 9 nitrogen and oxygen atoms in total. The lowest BCUT2D eigenvalue weighted by atomic mass is 10.1. The van der Waals surface area contributed by atoms with Crippen molar-refractivity contribution in [3.8, 4) is 17.9 Å². The number of allylic oxidation sites excluding steroid dienone is 1. The predicted molar refractivity (Wildman–Crippen MR) is 117 cm³/mol. The van der Waals surface area contributed by atoms with Gasteiger partial charge in [-0.15, -0.1) is 5.10 Å². The number of methoxy groups -OCH3 is 1. The lowest BCUT2D eigenvalue weighted by molar-refractivity contribution is 0.416. The van der Waals surface area contributed by atoms with Crippen LogP contribution in [0.25, 0.3) is 6.08 Å². The number of aromatic nitrogens is 3. The Morgan fingerprint density at radius 1 is 1.16 bits per heavy atom. The fourth-order valence-corrected chi connectivity index (χ4v) is 2.86. The molecule has 0 amide bonds. The average molecular weight is 413 g/mol. The first-order valence-electron chi connectivity index (χ1n) is 9.19. The van der Waals surface area contributed by atoms with Crippen molar-refractivity contribution in [3.63, 3.8) is 0 Å². The zero-order valence-corrected chi connectivity index (χ0v) is 17.2. The van der Waals surface area contributed by atoms with Crippen LogP contribution in [0.4, 0.5) is 23.1 Å². The predicted octanol–water partition coefficient (Wildman–Crippen LogP) is 3.39. The van der Waals surface area contributed by atoms with Gasteiger partial charge in [-0.2, -0.15) is 15.5 Å². The number of anilines is 4. The number of aryl methyl sites for hydroxylation is 2. The Hall–Kier alpha value is -4.63. The van der Waals surface area contributed by atoms with E-state index in [0.29, 0.717) is 22.7 Å².